The second-order valence-electron chi connectivity index (χ2n) is 6.62. The van der Waals surface area contributed by atoms with E-state index in [9.17, 15) is 9.18 Å². The smallest absolute Gasteiger partial charge is 0.254 e. The summed E-state index contributed by atoms with van der Waals surface area (Å²) in [6.45, 7) is 3.90. The summed E-state index contributed by atoms with van der Waals surface area (Å²) in [5.41, 5.74) is 1.08. The Morgan fingerprint density at radius 3 is 2.41 bits per heavy atom. The Hall–Kier alpha value is -3.42. The molecule has 1 amide bonds. The van der Waals surface area contributed by atoms with Gasteiger partial charge in [0.15, 0.2) is 11.5 Å². The SMILES string of the molecule is COc1ccc(-c2noc(CN(C(=O)c3ccc(F)cc3)C(C)C)n2)cc1OC. The van der Waals surface area contributed by atoms with Gasteiger partial charge in [-0.1, -0.05) is 5.16 Å². The van der Waals surface area contributed by atoms with Crippen LogP contribution >= 0.6 is 0 Å². The first-order chi connectivity index (χ1) is 13.9. The Kier molecular flexibility index (Phi) is 6.11. The minimum absolute atomic E-state index is 0.121. The van der Waals surface area contributed by atoms with E-state index in [-0.39, 0.29) is 18.5 Å². The quantitative estimate of drug-likeness (QED) is 0.599. The lowest BCUT2D eigenvalue weighted by Gasteiger charge is -2.25. The number of carbonyl (C=O) groups excluding carboxylic acids is 1. The monoisotopic (exact) mass is 399 g/mol. The van der Waals surface area contributed by atoms with Gasteiger partial charge < -0.3 is 18.9 Å². The summed E-state index contributed by atoms with van der Waals surface area (Å²) >= 11 is 0. The van der Waals surface area contributed by atoms with E-state index in [0.29, 0.717) is 34.3 Å². The molecule has 3 rings (SSSR count). The van der Waals surface area contributed by atoms with Crippen molar-refractivity contribution in [3.63, 3.8) is 0 Å². The van der Waals surface area contributed by atoms with Crippen LogP contribution in [0.25, 0.3) is 11.4 Å². The Morgan fingerprint density at radius 2 is 1.79 bits per heavy atom. The minimum atomic E-state index is -0.394. The molecule has 0 aliphatic heterocycles. The first-order valence-corrected chi connectivity index (χ1v) is 9.04. The highest BCUT2D eigenvalue weighted by atomic mass is 19.1. The van der Waals surface area contributed by atoms with Gasteiger partial charge in [0.1, 0.15) is 12.4 Å². The molecule has 0 fully saturated rings. The second-order valence-corrected chi connectivity index (χ2v) is 6.62. The zero-order chi connectivity index (χ0) is 21.0. The fourth-order valence-corrected chi connectivity index (χ4v) is 2.80. The van der Waals surface area contributed by atoms with Gasteiger partial charge in [0, 0.05) is 17.2 Å². The first kappa shape index (κ1) is 20.3. The van der Waals surface area contributed by atoms with E-state index < -0.39 is 5.82 Å². The molecule has 8 heteroatoms. The van der Waals surface area contributed by atoms with E-state index in [1.54, 1.807) is 37.3 Å². The third kappa shape index (κ3) is 4.53. The highest BCUT2D eigenvalue weighted by molar-refractivity contribution is 5.94. The maximum atomic E-state index is 13.1. The molecule has 0 radical (unpaired) electrons. The minimum Gasteiger partial charge on any atom is -0.493 e. The van der Waals surface area contributed by atoms with Crippen LogP contribution in [0.5, 0.6) is 11.5 Å². The zero-order valence-electron chi connectivity index (χ0n) is 16.7. The molecule has 152 valence electrons. The summed E-state index contributed by atoms with van der Waals surface area (Å²) in [4.78, 5) is 18.8. The van der Waals surface area contributed by atoms with Crippen molar-refractivity contribution >= 4 is 5.91 Å². The number of rotatable bonds is 7. The van der Waals surface area contributed by atoms with E-state index >= 15 is 0 Å². The van der Waals surface area contributed by atoms with Gasteiger partial charge in [-0.2, -0.15) is 4.98 Å². The standard InChI is InChI=1S/C21H22FN3O4/c1-13(2)25(21(26)14-5-8-16(22)9-6-14)12-19-23-20(24-29-19)15-7-10-17(27-3)18(11-15)28-4/h5-11,13H,12H2,1-4H3. The molecule has 2 aromatic carbocycles. The molecule has 0 N–H and O–H groups in total. The number of carbonyl (C=O) groups is 1. The van der Waals surface area contributed by atoms with Crippen molar-refractivity contribution in [2.45, 2.75) is 26.4 Å². The number of hydrogen-bond acceptors (Lipinski definition) is 6. The van der Waals surface area contributed by atoms with Crippen LogP contribution in [-0.4, -0.2) is 41.2 Å². The van der Waals surface area contributed by atoms with Crippen LogP contribution in [0.15, 0.2) is 47.0 Å². The van der Waals surface area contributed by atoms with Crippen molar-refractivity contribution in [1.29, 1.82) is 0 Å². The van der Waals surface area contributed by atoms with E-state index in [2.05, 4.69) is 10.1 Å². The second kappa shape index (κ2) is 8.72. The number of methoxy groups -OCH3 is 2. The fourth-order valence-electron chi connectivity index (χ4n) is 2.80. The number of nitrogens with zero attached hydrogens (tertiary/aromatic N) is 3. The van der Waals surface area contributed by atoms with Gasteiger partial charge in [0.25, 0.3) is 5.91 Å². The third-order valence-electron chi connectivity index (χ3n) is 4.39. The summed E-state index contributed by atoms with van der Waals surface area (Å²) in [5.74, 6) is 1.17. The van der Waals surface area contributed by atoms with Gasteiger partial charge >= 0.3 is 0 Å². The van der Waals surface area contributed by atoms with Gasteiger partial charge in [0.05, 0.1) is 14.2 Å². The molecule has 3 aromatic rings. The van der Waals surface area contributed by atoms with Crippen molar-refractivity contribution in [3.05, 3.63) is 59.7 Å². The Morgan fingerprint density at radius 1 is 1.10 bits per heavy atom. The van der Waals surface area contributed by atoms with Crippen LogP contribution in [0, 0.1) is 5.82 Å². The first-order valence-electron chi connectivity index (χ1n) is 9.04. The van der Waals surface area contributed by atoms with Crippen molar-refractivity contribution < 1.29 is 23.2 Å². The average molecular weight is 399 g/mol. The van der Waals surface area contributed by atoms with Crippen molar-refractivity contribution in [1.82, 2.24) is 15.0 Å². The largest absolute Gasteiger partial charge is 0.493 e. The summed E-state index contributed by atoms with van der Waals surface area (Å²) in [6, 6.07) is 10.6. The van der Waals surface area contributed by atoms with Crippen molar-refractivity contribution in [3.8, 4) is 22.9 Å². The number of amides is 1. The normalized spacial score (nSPS) is 10.8. The lowest BCUT2D eigenvalue weighted by atomic mass is 10.1. The number of benzene rings is 2. The lowest BCUT2D eigenvalue weighted by Crippen LogP contribution is -2.36. The summed E-state index contributed by atoms with van der Waals surface area (Å²) in [7, 11) is 3.10. The van der Waals surface area contributed by atoms with Gasteiger partial charge in [0.2, 0.25) is 11.7 Å². The molecule has 1 aromatic heterocycles. The molecule has 0 aliphatic rings. The maximum absolute atomic E-state index is 13.1. The molecule has 1 heterocycles. The summed E-state index contributed by atoms with van der Waals surface area (Å²) in [5, 5.41) is 4.00. The fraction of sp³-hybridized carbons (Fsp3) is 0.286. The van der Waals surface area contributed by atoms with Crippen molar-refractivity contribution in [2.75, 3.05) is 14.2 Å². The number of hydrogen-bond donors (Lipinski definition) is 0. The predicted molar refractivity (Wildman–Crippen MR) is 104 cm³/mol. The summed E-state index contributed by atoms with van der Waals surface area (Å²) < 4.78 is 29.0. The highest BCUT2D eigenvalue weighted by Gasteiger charge is 2.22. The van der Waals surface area contributed by atoms with Gasteiger partial charge in [-0.05, 0) is 56.3 Å². The van der Waals surface area contributed by atoms with E-state index in [0.717, 1.165) is 0 Å². The van der Waals surface area contributed by atoms with Crippen LogP contribution in [0.2, 0.25) is 0 Å². The van der Waals surface area contributed by atoms with Crippen LogP contribution in [-0.2, 0) is 6.54 Å². The topological polar surface area (TPSA) is 77.7 Å². The van der Waals surface area contributed by atoms with Crippen LogP contribution < -0.4 is 9.47 Å². The van der Waals surface area contributed by atoms with Gasteiger partial charge in [-0.3, -0.25) is 4.79 Å². The number of ether oxygens (including phenoxy) is 2. The number of aromatic nitrogens is 2. The van der Waals surface area contributed by atoms with Crippen LogP contribution in [0.4, 0.5) is 4.39 Å². The van der Waals surface area contributed by atoms with E-state index in [1.165, 1.54) is 24.3 Å². The third-order valence-corrected chi connectivity index (χ3v) is 4.39. The zero-order valence-corrected chi connectivity index (χ0v) is 16.7. The Bertz CT molecular complexity index is 986. The molecule has 0 bridgehead atoms. The maximum Gasteiger partial charge on any atom is 0.254 e. The molecular weight excluding hydrogens is 377 g/mol. The Balaban J connectivity index is 1.81. The predicted octanol–water partition coefficient (Wildman–Crippen LogP) is 3.94. The average Bonchev–Trinajstić information content (AvgIpc) is 3.20. The molecular formula is C21H22FN3O4. The lowest BCUT2D eigenvalue weighted by molar-refractivity contribution is 0.0667. The molecule has 0 atom stereocenters. The molecule has 0 unspecified atom stereocenters. The molecule has 7 nitrogen and oxygen atoms in total. The molecule has 29 heavy (non-hydrogen) atoms. The highest BCUT2D eigenvalue weighted by Crippen LogP contribution is 2.31. The van der Waals surface area contributed by atoms with Gasteiger partial charge in [-0.15, -0.1) is 0 Å². The van der Waals surface area contributed by atoms with E-state index in [4.69, 9.17) is 14.0 Å². The van der Waals surface area contributed by atoms with Crippen molar-refractivity contribution in [2.24, 2.45) is 0 Å². The molecule has 0 saturated carbocycles. The summed E-state index contributed by atoms with van der Waals surface area (Å²) in [6.07, 6.45) is 0. The Labute approximate surface area is 168 Å². The molecule has 0 aliphatic carbocycles. The van der Waals surface area contributed by atoms with E-state index in [1.807, 2.05) is 13.8 Å². The molecule has 0 spiro atoms. The van der Waals surface area contributed by atoms with Crippen LogP contribution in [0.1, 0.15) is 30.1 Å². The van der Waals surface area contributed by atoms with Crippen LogP contribution in [0.3, 0.4) is 0 Å². The molecule has 0 saturated heterocycles. The van der Waals surface area contributed by atoms with Gasteiger partial charge in [-0.25, -0.2) is 4.39 Å². The number of halogens is 1.